The second-order valence-electron chi connectivity index (χ2n) is 5.67. The highest BCUT2D eigenvalue weighted by Crippen LogP contribution is 2.34. The summed E-state index contributed by atoms with van der Waals surface area (Å²) >= 11 is 0. The van der Waals surface area contributed by atoms with Gasteiger partial charge in [-0.15, -0.1) is 0 Å². The van der Waals surface area contributed by atoms with Crippen LogP contribution in [0.2, 0.25) is 0 Å². The normalized spacial score (nSPS) is 10.6. The van der Waals surface area contributed by atoms with Crippen LogP contribution in [0, 0.1) is 0 Å². The Kier molecular flexibility index (Phi) is 3.97. The number of nitrogens with zero attached hydrogens (tertiary/aromatic N) is 1. The summed E-state index contributed by atoms with van der Waals surface area (Å²) in [6.45, 7) is 0. The molecule has 3 nitrogen and oxygen atoms in total. The molecule has 0 heterocycles. The summed E-state index contributed by atoms with van der Waals surface area (Å²) in [5, 5.41) is 4.84. The fourth-order valence-corrected chi connectivity index (χ4v) is 2.75. The van der Waals surface area contributed by atoms with Gasteiger partial charge in [0.1, 0.15) is 5.36 Å². The van der Waals surface area contributed by atoms with E-state index >= 15 is 0 Å². The van der Waals surface area contributed by atoms with Crippen molar-refractivity contribution in [2.24, 2.45) is 5.16 Å². The summed E-state index contributed by atoms with van der Waals surface area (Å²) in [5.74, 6) is -0.458. The molecule has 25 heavy (non-hydrogen) atoms. The summed E-state index contributed by atoms with van der Waals surface area (Å²) < 4.78 is 0. The maximum atomic E-state index is 12.1. The molecule has 0 aliphatic rings. The first kappa shape index (κ1) is 15.1. The van der Waals surface area contributed by atoms with Crippen molar-refractivity contribution in [1.29, 1.82) is 0 Å². The number of benzene rings is 3. The van der Waals surface area contributed by atoms with Crippen molar-refractivity contribution in [3.8, 4) is 22.3 Å². The quantitative estimate of drug-likeness (QED) is 0.407. The van der Waals surface area contributed by atoms with Gasteiger partial charge < -0.3 is 4.84 Å². The molecule has 0 spiro atoms. The lowest BCUT2D eigenvalue weighted by Crippen LogP contribution is -2.02. The third-order valence-corrected chi connectivity index (χ3v) is 4.02. The van der Waals surface area contributed by atoms with E-state index in [2.05, 4.69) is 5.16 Å². The molecular weight excluding hydrogens is 310 g/mol. The Morgan fingerprint density at radius 2 is 1.08 bits per heavy atom. The standard InChI is InChI=1S/C22H15NO2/c24-22(18-14-8-3-9-15-18)25-23-21-19(16-10-4-1-5-11-16)20(21)17-12-6-2-7-13-17/h1-15H. The third kappa shape index (κ3) is 3.12. The van der Waals surface area contributed by atoms with E-state index in [1.165, 1.54) is 0 Å². The van der Waals surface area contributed by atoms with Gasteiger partial charge in [-0.05, 0) is 23.3 Å². The van der Waals surface area contributed by atoms with E-state index in [1.54, 1.807) is 24.3 Å². The number of hydrogen-bond donors (Lipinski definition) is 0. The molecule has 120 valence electrons. The summed E-state index contributed by atoms with van der Waals surface area (Å²) in [5.41, 5.74) is 4.65. The van der Waals surface area contributed by atoms with Crippen LogP contribution in [0.1, 0.15) is 10.4 Å². The molecule has 4 aromatic carbocycles. The highest BCUT2D eigenvalue weighted by molar-refractivity contribution is 5.94. The van der Waals surface area contributed by atoms with Crippen molar-refractivity contribution in [1.82, 2.24) is 0 Å². The summed E-state index contributed by atoms with van der Waals surface area (Å²) in [7, 11) is 0. The Hall–Kier alpha value is -3.46. The maximum Gasteiger partial charge on any atom is 0.365 e. The van der Waals surface area contributed by atoms with Crippen LogP contribution >= 0.6 is 0 Å². The number of carbonyl (C=O) groups is 1. The lowest BCUT2D eigenvalue weighted by atomic mass is 10.1. The van der Waals surface area contributed by atoms with E-state index in [4.69, 9.17) is 4.84 Å². The summed E-state index contributed by atoms with van der Waals surface area (Å²) in [6, 6.07) is 28.8. The molecule has 0 amide bonds. The topological polar surface area (TPSA) is 38.7 Å². The van der Waals surface area contributed by atoms with Gasteiger partial charge in [0.2, 0.25) is 0 Å². The molecular formula is C22H15NO2. The molecule has 0 aliphatic carbocycles. The predicted octanol–water partition coefficient (Wildman–Crippen LogP) is 4.57. The molecule has 4 rings (SSSR count). The van der Waals surface area contributed by atoms with Crippen molar-refractivity contribution in [2.75, 3.05) is 0 Å². The Morgan fingerprint density at radius 3 is 1.56 bits per heavy atom. The molecule has 0 fully saturated rings. The second kappa shape index (κ2) is 6.57. The van der Waals surface area contributed by atoms with Gasteiger partial charge in [-0.2, -0.15) is 0 Å². The van der Waals surface area contributed by atoms with Crippen molar-refractivity contribution in [2.45, 2.75) is 0 Å². The van der Waals surface area contributed by atoms with Crippen LogP contribution in [-0.2, 0) is 4.84 Å². The van der Waals surface area contributed by atoms with Crippen LogP contribution in [0.5, 0.6) is 0 Å². The average molecular weight is 325 g/mol. The highest BCUT2D eigenvalue weighted by atomic mass is 16.7. The van der Waals surface area contributed by atoms with E-state index in [0.717, 1.165) is 27.6 Å². The van der Waals surface area contributed by atoms with E-state index in [1.807, 2.05) is 66.7 Å². The summed E-state index contributed by atoms with van der Waals surface area (Å²) in [6.07, 6.45) is 0. The van der Waals surface area contributed by atoms with Crippen LogP contribution in [0.25, 0.3) is 22.3 Å². The smallest absolute Gasteiger partial charge is 0.312 e. The first-order valence-corrected chi connectivity index (χ1v) is 8.05. The van der Waals surface area contributed by atoms with Gasteiger partial charge >= 0.3 is 5.97 Å². The first-order chi connectivity index (χ1) is 12.3. The molecule has 0 unspecified atom stereocenters. The van der Waals surface area contributed by atoms with Crippen molar-refractivity contribution in [3.05, 3.63) is 102 Å². The van der Waals surface area contributed by atoms with Crippen molar-refractivity contribution < 1.29 is 9.63 Å². The van der Waals surface area contributed by atoms with E-state index in [0.29, 0.717) is 5.56 Å². The molecule has 0 saturated carbocycles. The van der Waals surface area contributed by atoms with Gasteiger partial charge in [0.05, 0.1) is 5.56 Å². The average Bonchev–Trinajstić information content (AvgIpc) is 3.42. The molecule has 0 bridgehead atoms. The Morgan fingerprint density at radius 1 is 0.640 bits per heavy atom. The van der Waals surface area contributed by atoms with Crippen LogP contribution in [-0.4, -0.2) is 5.97 Å². The highest BCUT2D eigenvalue weighted by Gasteiger charge is 2.24. The van der Waals surface area contributed by atoms with Crippen molar-refractivity contribution in [3.63, 3.8) is 0 Å². The zero-order valence-electron chi connectivity index (χ0n) is 13.4. The number of hydrogen-bond acceptors (Lipinski definition) is 3. The zero-order valence-corrected chi connectivity index (χ0v) is 13.4. The fraction of sp³-hybridized carbons (Fsp3) is 0. The summed E-state index contributed by atoms with van der Waals surface area (Å²) in [4.78, 5) is 17.3. The molecule has 0 aromatic heterocycles. The largest absolute Gasteiger partial charge is 0.365 e. The van der Waals surface area contributed by atoms with E-state index in [-0.39, 0.29) is 0 Å². The third-order valence-electron chi connectivity index (χ3n) is 4.02. The fourth-order valence-electron chi connectivity index (χ4n) is 2.75. The molecule has 0 atom stereocenters. The van der Waals surface area contributed by atoms with Crippen LogP contribution in [0.15, 0.2) is 96.2 Å². The zero-order chi connectivity index (χ0) is 17.1. The lowest BCUT2D eigenvalue weighted by Gasteiger charge is -1.95. The van der Waals surface area contributed by atoms with Crippen molar-refractivity contribution >= 4 is 5.97 Å². The SMILES string of the molecule is O=C(ON=c1c(-c2ccccc2)c1-c1ccccc1)c1ccccc1. The minimum absolute atomic E-state index is 0.458. The minimum atomic E-state index is -0.458. The first-order valence-electron chi connectivity index (χ1n) is 8.05. The molecule has 0 radical (unpaired) electrons. The maximum absolute atomic E-state index is 12.1. The monoisotopic (exact) mass is 325 g/mol. The number of carbonyl (C=O) groups excluding carboxylic acids is 1. The minimum Gasteiger partial charge on any atom is -0.312 e. The van der Waals surface area contributed by atoms with Gasteiger partial charge in [-0.1, -0.05) is 84.0 Å². The predicted molar refractivity (Wildman–Crippen MR) is 97.1 cm³/mol. The lowest BCUT2D eigenvalue weighted by molar-refractivity contribution is 0.0500. The van der Waals surface area contributed by atoms with E-state index < -0.39 is 5.97 Å². The van der Waals surface area contributed by atoms with Gasteiger partial charge in [-0.3, -0.25) is 0 Å². The van der Waals surface area contributed by atoms with Gasteiger partial charge in [0, 0.05) is 11.1 Å². The van der Waals surface area contributed by atoms with Gasteiger partial charge in [-0.25, -0.2) is 4.79 Å². The van der Waals surface area contributed by atoms with Crippen LogP contribution in [0.4, 0.5) is 0 Å². The number of rotatable bonds is 4. The molecule has 0 aliphatic heterocycles. The Labute approximate surface area is 145 Å². The molecule has 0 saturated heterocycles. The van der Waals surface area contributed by atoms with Crippen LogP contribution < -0.4 is 5.36 Å². The second-order valence-corrected chi connectivity index (χ2v) is 5.67. The van der Waals surface area contributed by atoms with Gasteiger partial charge in [0.25, 0.3) is 0 Å². The van der Waals surface area contributed by atoms with Gasteiger partial charge in [0.15, 0.2) is 0 Å². The Balaban J connectivity index is 1.68. The van der Waals surface area contributed by atoms with Crippen LogP contribution in [0.3, 0.4) is 0 Å². The van der Waals surface area contributed by atoms with E-state index in [9.17, 15) is 4.79 Å². The Bertz CT molecular complexity index is 957. The molecule has 3 heteroatoms. The molecule has 4 aromatic rings. The molecule has 0 N–H and O–H groups in total.